The van der Waals surface area contributed by atoms with Crippen LogP contribution in [0.4, 0.5) is 15.9 Å². The molecule has 0 radical (unpaired) electrons. The molecule has 1 aromatic heterocycles. The summed E-state index contributed by atoms with van der Waals surface area (Å²) >= 11 is 5.70. The third kappa shape index (κ3) is 3.82. The van der Waals surface area contributed by atoms with Gasteiger partial charge in [-0.3, -0.25) is 4.79 Å². The van der Waals surface area contributed by atoms with Crippen molar-refractivity contribution in [2.75, 3.05) is 23.3 Å². The summed E-state index contributed by atoms with van der Waals surface area (Å²) in [4.78, 5) is 14.4. The van der Waals surface area contributed by atoms with Gasteiger partial charge in [0.1, 0.15) is 5.82 Å². The zero-order valence-electron chi connectivity index (χ0n) is 13.3. The third-order valence-electron chi connectivity index (χ3n) is 4.17. The number of piperidine rings is 1. The first-order valence-electron chi connectivity index (χ1n) is 7.88. The maximum atomic E-state index is 13.1. The summed E-state index contributed by atoms with van der Waals surface area (Å²) < 4.78 is 13.1. The Hall–Kier alpha value is -2.21. The number of hydrogen-bond acceptors (Lipinski definition) is 4. The maximum Gasteiger partial charge on any atom is 0.276 e. The van der Waals surface area contributed by atoms with Crippen molar-refractivity contribution in [3.63, 3.8) is 0 Å². The van der Waals surface area contributed by atoms with Crippen molar-refractivity contribution in [3.05, 3.63) is 46.9 Å². The summed E-state index contributed by atoms with van der Waals surface area (Å²) in [6, 6.07) is 7.43. The van der Waals surface area contributed by atoms with E-state index in [1.807, 2.05) is 0 Å². The number of nitrogens with one attached hydrogen (secondary N) is 1. The van der Waals surface area contributed by atoms with Crippen molar-refractivity contribution in [3.8, 4) is 0 Å². The number of nitrogens with zero attached hydrogens (tertiary/aromatic N) is 3. The first-order chi connectivity index (χ1) is 11.5. The lowest BCUT2D eigenvalue weighted by Crippen LogP contribution is -2.33. The quantitative estimate of drug-likeness (QED) is 0.917. The molecule has 126 valence electrons. The molecule has 3 rings (SSSR count). The minimum Gasteiger partial charge on any atom is -0.355 e. The molecule has 2 aromatic rings. The van der Waals surface area contributed by atoms with Gasteiger partial charge in [0.2, 0.25) is 0 Å². The summed E-state index contributed by atoms with van der Waals surface area (Å²) in [6.07, 6.45) is 2.27. The van der Waals surface area contributed by atoms with Crippen molar-refractivity contribution in [1.29, 1.82) is 0 Å². The highest BCUT2D eigenvalue weighted by Crippen LogP contribution is 2.22. The van der Waals surface area contributed by atoms with E-state index in [4.69, 9.17) is 11.6 Å². The number of rotatable bonds is 3. The molecule has 1 aromatic carbocycles. The average Bonchev–Trinajstić information content (AvgIpc) is 2.59. The fourth-order valence-corrected chi connectivity index (χ4v) is 2.80. The van der Waals surface area contributed by atoms with E-state index in [2.05, 4.69) is 27.3 Å². The Morgan fingerprint density at radius 1 is 1.25 bits per heavy atom. The Labute approximate surface area is 144 Å². The van der Waals surface area contributed by atoms with E-state index in [0.717, 1.165) is 37.7 Å². The van der Waals surface area contributed by atoms with Crippen molar-refractivity contribution in [2.24, 2.45) is 5.92 Å². The van der Waals surface area contributed by atoms with Crippen LogP contribution < -0.4 is 10.2 Å². The van der Waals surface area contributed by atoms with Gasteiger partial charge >= 0.3 is 0 Å². The lowest BCUT2D eigenvalue weighted by atomic mass is 9.99. The molecule has 1 saturated heterocycles. The number of carbonyl (C=O) groups excluding carboxylic acids is 1. The molecule has 0 atom stereocenters. The highest BCUT2D eigenvalue weighted by molar-refractivity contribution is 6.31. The third-order valence-corrected chi connectivity index (χ3v) is 4.46. The highest BCUT2D eigenvalue weighted by Gasteiger charge is 2.18. The van der Waals surface area contributed by atoms with Gasteiger partial charge in [-0.05, 0) is 49.1 Å². The van der Waals surface area contributed by atoms with Crippen LogP contribution in [0, 0.1) is 11.7 Å². The predicted molar refractivity (Wildman–Crippen MR) is 92.0 cm³/mol. The molecular weight excluding hydrogens is 331 g/mol. The van der Waals surface area contributed by atoms with Crippen LogP contribution in [0.15, 0.2) is 30.3 Å². The van der Waals surface area contributed by atoms with E-state index in [1.54, 1.807) is 12.1 Å². The number of benzene rings is 1. The van der Waals surface area contributed by atoms with E-state index in [1.165, 1.54) is 18.2 Å². The molecule has 0 saturated carbocycles. The van der Waals surface area contributed by atoms with Gasteiger partial charge in [-0.2, -0.15) is 0 Å². The van der Waals surface area contributed by atoms with Gasteiger partial charge < -0.3 is 10.2 Å². The van der Waals surface area contributed by atoms with Gasteiger partial charge in [0.05, 0.1) is 5.02 Å². The monoisotopic (exact) mass is 348 g/mol. The Balaban J connectivity index is 1.66. The molecule has 0 unspecified atom stereocenters. The molecule has 7 heteroatoms. The van der Waals surface area contributed by atoms with Gasteiger partial charge in [-0.1, -0.05) is 18.5 Å². The van der Waals surface area contributed by atoms with Crippen LogP contribution >= 0.6 is 11.6 Å². The smallest absolute Gasteiger partial charge is 0.276 e. The van der Waals surface area contributed by atoms with E-state index in [9.17, 15) is 9.18 Å². The SMILES string of the molecule is CC1CCN(c2ccc(C(=O)Nc3ccc(F)c(Cl)c3)nn2)CC1. The first-order valence-corrected chi connectivity index (χ1v) is 8.26. The zero-order valence-corrected chi connectivity index (χ0v) is 14.1. The molecule has 1 fully saturated rings. The normalized spacial score (nSPS) is 15.4. The van der Waals surface area contributed by atoms with Gasteiger partial charge in [-0.25, -0.2) is 4.39 Å². The average molecular weight is 349 g/mol. The molecule has 0 bridgehead atoms. The van der Waals surface area contributed by atoms with Gasteiger partial charge in [0.15, 0.2) is 11.5 Å². The number of hydrogen-bond donors (Lipinski definition) is 1. The second-order valence-electron chi connectivity index (χ2n) is 6.03. The van der Waals surface area contributed by atoms with Gasteiger partial charge in [0.25, 0.3) is 5.91 Å². The molecule has 1 amide bonds. The number of amides is 1. The van der Waals surface area contributed by atoms with Crippen LogP contribution in [0.25, 0.3) is 0 Å². The van der Waals surface area contributed by atoms with Crippen molar-refractivity contribution < 1.29 is 9.18 Å². The van der Waals surface area contributed by atoms with Gasteiger partial charge in [0, 0.05) is 18.8 Å². The highest BCUT2D eigenvalue weighted by atomic mass is 35.5. The largest absolute Gasteiger partial charge is 0.355 e. The maximum absolute atomic E-state index is 13.1. The molecule has 2 heterocycles. The van der Waals surface area contributed by atoms with Crippen molar-refractivity contribution in [1.82, 2.24) is 10.2 Å². The fraction of sp³-hybridized carbons (Fsp3) is 0.353. The Morgan fingerprint density at radius 3 is 2.62 bits per heavy atom. The zero-order chi connectivity index (χ0) is 17.1. The van der Waals surface area contributed by atoms with Crippen LogP contribution in [-0.2, 0) is 0 Å². The molecule has 1 aliphatic rings. The number of halogens is 2. The van der Waals surface area contributed by atoms with Crippen LogP contribution in [0.2, 0.25) is 5.02 Å². The van der Waals surface area contributed by atoms with Crippen LogP contribution in [0.3, 0.4) is 0 Å². The van der Waals surface area contributed by atoms with Crippen molar-refractivity contribution >= 4 is 29.0 Å². The molecule has 1 N–H and O–H groups in total. The Kier molecular flexibility index (Phi) is 4.94. The Morgan fingerprint density at radius 2 is 2.00 bits per heavy atom. The molecule has 1 aliphatic heterocycles. The summed E-state index contributed by atoms with van der Waals surface area (Å²) in [5.41, 5.74) is 0.604. The Bertz CT molecular complexity index is 730. The molecule has 24 heavy (non-hydrogen) atoms. The van der Waals surface area contributed by atoms with Crippen molar-refractivity contribution in [2.45, 2.75) is 19.8 Å². The minimum atomic E-state index is -0.533. The van der Waals surface area contributed by atoms with Crippen LogP contribution in [0.1, 0.15) is 30.3 Å². The lowest BCUT2D eigenvalue weighted by Gasteiger charge is -2.30. The number of anilines is 2. The van der Waals surface area contributed by atoms with E-state index in [0.29, 0.717) is 5.69 Å². The summed E-state index contributed by atoms with van der Waals surface area (Å²) in [7, 11) is 0. The minimum absolute atomic E-state index is 0.0476. The second-order valence-corrected chi connectivity index (χ2v) is 6.44. The standard InChI is InChI=1S/C17H18ClFN4O/c1-11-6-8-23(9-7-11)16-5-4-15(21-22-16)17(24)20-12-2-3-14(19)13(18)10-12/h2-5,10-11H,6-9H2,1H3,(H,20,24). The van der Waals surface area contributed by atoms with Gasteiger partial charge in [-0.15, -0.1) is 10.2 Å². The number of aromatic nitrogens is 2. The van der Waals surface area contributed by atoms with E-state index >= 15 is 0 Å². The predicted octanol–water partition coefficient (Wildman–Crippen LogP) is 3.76. The first kappa shape index (κ1) is 16.6. The molecular formula is C17H18ClFN4O. The summed E-state index contributed by atoms with van der Waals surface area (Å²) in [5, 5.41) is 10.7. The fourth-order valence-electron chi connectivity index (χ4n) is 2.62. The van der Waals surface area contributed by atoms with Crippen LogP contribution in [-0.4, -0.2) is 29.2 Å². The van der Waals surface area contributed by atoms with E-state index < -0.39 is 11.7 Å². The lowest BCUT2D eigenvalue weighted by molar-refractivity contribution is 0.102. The molecule has 0 aliphatic carbocycles. The molecule has 0 spiro atoms. The van der Waals surface area contributed by atoms with Crippen LogP contribution in [0.5, 0.6) is 0 Å². The molecule has 5 nitrogen and oxygen atoms in total. The second kappa shape index (κ2) is 7.13. The number of carbonyl (C=O) groups is 1. The summed E-state index contributed by atoms with van der Waals surface area (Å²) in [5.74, 6) is 0.573. The topological polar surface area (TPSA) is 58.1 Å². The summed E-state index contributed by atoms with van der Waals surface area (Å²) in [6.45, 7) is 4.16. The van der Waals surface area contributed by atoms with E-state index in [-0.39, 0.29) is 10.7 Å².